The summed E-state index contributed by atoms with van der Waals surface area (Å²) >= 11 is 0. The largest absolute Gasteiger partial charge is 0.160 e. The van der Waals surface area contributed by atoms with Crippen LogP contribution >= 0.6 is 0 Å². The molecule has 2 aromatic rings. The van der Waals surface area contributed by atoms with E-state index in [0.29, 0.717) is 0 Å². The second kappa shape index (κ2) is 13.1. The average molecular weight is 356 g/mol. The van der Waals surface area contributed by atoms with E-state index in [0.717, 1.165) is 0 Å². The van der Waals surface area contributed by atoms with Crippen molar-refractivity contribution in [2.75, 3.05) is 5.75 Å². The predicted octanol–water partition coefficient (Wildman–Crippen LogP) is 7.64. The molecule has 0 fully saturated rings. The maximum absolute atomic E-state index is 2.30. The zero-order chi connectivity index (χ0) is 17.6. The first kappa shape index (κ1) is 20.1. The van der Waals surface area contributed by atoms with Crippen LogP contribution in [-0.2, 0) is 10.9 Å². The molecule has 1 heteroatoms. The molecule has 0 heterocycles. The first-order valence-electron chi connectivity index (χ1n) is 10.2. The number of hydrogen-bond donors (Lipinski definition) is 0. The Morgan fingerprint density at radius 2 is 0.920 bits per heavy atom. The normalized spacial score (nSPS) is 11.1. The Hall–Kier alpha value is -1.21. The third-order valence-electron chi connectivity index (χ3n) is 4.76. The Bertz CT molecular complexity index is 495. The number of benzene rings is 2. The van der Waals surface area contributed by atoms with Gasteiger partial charge in [0.25, 0.3) is 0 Å². The van der Waals surface area contributed by atoms with Gasteiger partial charge in [0.2, 0.25) is 0 Å². The first-order chi connectivity index (χ1) is 12.4. The summed E-state index contributed by atoms with van der Waals surface area (Å²) in [5.41, 5.74) is 0. The molecule has 0 nitrogen and oxygen atoms in total. The zero-order valence-electron chi connectivity index (χ0n) is 16.0. The smallest absolute Gasteiger partial charge is 0.0654 e. The Balaban J connectivity index is 1.69. The van der Waals surface area contributed by atoms with Gasteiger partial charge in [-0.2, -0.15) is 0 Å². The Morgan fingerprint density at radius 3 is 1.36 bits per heavy atom. The summed E-state index contributed by atoms with van der Waals surface area (Å²) in [7, 11) is 0.236. The van der Waals surface area contributed by atoms with Gasteiger partial charge in [-0.05, 0) is 37.1 Å². The predicted molar refractivity (Wildman–Crippen MR) is 113 cm³/mol. The Labute approximate surface area is 158 Å². The van der Waals surface area contributed by atoms with E-state index in [4.69, 9.17) is 0 Å². The SMILES string of the molecule is CCCCCCCCCCCC[S+](c1ccccc1)c1ccccc1. The molecule has 0 aliphatic heterocycles. The lowest BCUT2D eigenvalue weighted by Crippen LogP contribution is -2.08. The van der Waals surface area contributed by atoms with E-state index in [1.54, 1.807) is 0 Å². The molecule has 0 aliphatic rings. The van der Waals surface area contributed by atoms with Crippen molar-refractivity contribution in [3.8, 4) is 0 Å². The summed E-state index contributed by atoms with van der Waals surface area (Å²) in [4.78, 5) is 2.98. The topological polar surface area (TPSA) is 0 Å². The maximum Gasteiger partial charge on any atom is 0.160 e. The van der Waals surface area contributed by atoms with Crippen molar-refractivity contribution in [1.29, 1.82) is 0 Å². The fraction of sp³-hybridized carbons (Fsp3) is 0.500. The van der Waals surface area contributed by atoms with Crippen LogP contribution in [0.4, 0.5) is 0 Å². The van der Waals surface area contributed by atoms with Crippen molar-refractivity contribution in [3.63, 3.8) is 0 Å². The van der Waals surface area contributed by atoms with Gasteiger partial charge in [0.15, 0.2) is 9.79 Å². The molecule has 0 N–H and O–H groups in total. The summed E-state index contributed by atoms with van der Waals surface area (Å²) in [6.45, 7) is 2.29. The van der Waals surface area contributed by atoms with Crippen LogP contribution < -0.4 is 0 Å². The molecule has 0 aliphatic carbocycles. The molecular formula is C24H35S+. The summed E-state index contributed by atoms with van der Waals surface area (Å²) in [6, 6.07) is 22.1. The standard InChI is InChI=1S/C24H35S/c1-2-3-4-5-6-7-8-9-10-17-22-25(23-18-13-11-14-19-23)24-20-15-12-16-21-24/h11-16,18-21H,2-10,17,22H2,1H3/q+1. The molecule has 136 valence electrons. The van der Waals surface area contributed by atoms with E-state index in [1.807, 2.05) is 0 Å². The number of rotatable bonds is 13. The van der Waals surface area contributed by atoms with Gasteiger partial charge in [0.05, 0.1) is 10.9 Å². The van der Waals surface area contributed by atoms with E-state index in [9.17, 15) is 0 Å². The van der Waals surface area contributed by atoms with Gasteiger partial charge >= 0.3 is 0 Å². The van der Waals surface area contributed by atoms with Gasteiger partial charge in [0.1, 0.15) is 5.75 Å². The highest BCUT2D eigenvalue weighted by Gasteiger charge is 2.23. The summed E-state index contributed by atoms with van der Waals surface area (Å²) in [5, 5.41) is 0. The monoisotopic (exact) mass is 355 g/mol. The fourth-order valence-electron chi connectivity index (χ4n) is 3.28. The Morgan fingerprint density at radius 1 is 0.520 bits per heavy atom. The van der Waals surface area contributed by atoms with Gasteiger partial charge in [-0.25, -0.2) is 0 Å². The highest BCUT2D eigenvalue weighted by Crippen LogP contribution is 2.25. The highest BCUT2D eigenvalue weighted by atomic mass is 32.2. The zero-order valence-corrected chi connectivity index (χ0v) is 16.8. The van der Waals surface area contributed by atoms with Crippen LogP contribution in [0, 0.1) is 0 Å². The lowest BCUT2D eigenvalue weighted by Gasteiger charge is -2.08. The second-order valence-corrected chi connectivity index (χ2v) is 9.04. The molecule has 0 amide bonds. The van der Waals surface area contributed by atoms with Crippen molar-refractivity contribution in [1.82, 2.24) is 0 Å². The lowest BCUT2D eigenvalue weighted by molar-refractivity contribution is 0.563. The van der Waals surface area contributed by atoms with Crippen molar-refractivity contribution in [2.45, 2.75) is 80.9 Å². The molecule has 0 saturated heterocycles. The van der Waals surface area contributed by atoms with Gasteiger partial charge in [-0.15, -0.1) is 0 Å². The van der Waals surface area contributed by atoms with Crippen molar-refractivity contribution < 1.29 is 0 Å². The van der Waals surface area contributed by atoms with Crippen LogP contribution in [0.15, 0.2) is 70.5 Å². The third-order valence-corrected chi connectivity index (χ3v) is 7.14. The second-order valence-electron chi connectivity index (χ2n) is 6.90. The van der Waals surface area contributed by atoms with Crippen LogP contribution in [0.5, 0.6) is 0 Å². The van der Waals surface area contributed by atoms with Gasteiger partial charge in [0, 0.05) is 0 Å². The molecule has 0 atom stereocenters. The van der Waals surface area contributed by atoms with Crippen molar-refractivity contribution >= 4 is 10.9 Å². The van der Waals surface area contributed by atoms with Crippen molar-refractivity contribution in [2.24, 2.45) is 0 Å². The van der Waals surface area contributed by atoms with Crippen LogP contribution in [-0.4, -0.2) is 5.75 Å². The molecule has 0 saturated carbocycles. The summed E-state index contributed by atoms with van der Waals surface area (Å²) < 4.78 is 0. The minimum Gasteiger partial charge on any atom is -0.0654 e. The molecule has 0 spiro atoms. The average Bonchev–Trinajstić information content (AvgIpc) is 2.67. The van der Waals surface area contributed by atoms with E-state index in [-0.39, 0.29) is 10.9 Å². The van der Waals surface area contributed by atoms with E-state index in [1.165, 1.54) is 79.8 Å². The molecular weight excluding hydrogens is 320 g/mol. The number of hydrogen-bond acceptors (Lipinski definition) is 0. The highest BCUT2D eigenvalue weighted by molar-refractivity contribution is 7.97. The molecule has 2 aromatic carbocycles. The maximum atomic E-state index is 2.30. The van der Waals surface area contributed by atoms with Crippen LogP contribution in [0.1, 0.15) is 71.1 Å². The molecule has 0 radical (unpaired) electrons. The van der Waals surface area contributed by atoms with E-state index < -0.39 is 0 Å². The van der Waals surface area contributed by atoms with Crippen LogP contribution in [0.3, 0.4) is 0 Å². The molecule has 0 unspecified atom stereocenters. The molecule has 0 aromatic heterocycles. The fourth-order valence-corrected chi connectivity index (χ4v) is 5.48. The molecule has 2 rings (SSSR count). The third kappa shape index (κ3) is 8.14. The van der Waals surface area contributed by atoms with Crippen LogP contribution in [0.25, 0.3) is 0 Å². The minimum absolute atomic E-state index is 0.236. The summed E-state index contributed by atoms with van der Waals surface area (Å²) in [6.07, 6.45) is 14.1. The van der Waals surface area contributed by atoms with E-state index in [2.05, 4.69) is 67.6 Å². The molecule has 0 bridgehead atoms. The first-order valence-corrected chi connectivity index (χ1v) is 11.6. The Kier molecular flexibility index (Phi) is 10.5. The number of unbranched alkanes of at least 4 members (excludes halogenated alkanes) is 9. The summed E-state index contributed by atoms with van der Waals surface area (Å²) in [5.74, 6) is 1.30. The quantitative estimate of drug-likeness (QED) is 0.256. The minimum atomic E-state index is 0.236. The van der Waals surface area contributed by atoms with E-state index >= 15 is 0 Å². The van der Waals surface area contributed by atoms with Gasteiger partial charge in [-0.1, -0.05) is 94.7 Å². The van der Waals surface area contributed by atoms with Gasteiger partial charge < -0.3 is 0 Å². The van der Waals surface area contributed by atoms with Crippen LogP contribution in [0.2, 0.25) is 0 Å². The lowest BCUT2D eigenvalue weighted by atomic mass is 10.1. The van der Waals surface area contributed by atoms with Gasteiger partial charge in [-0.3, -0.25) is 0 Å². The van der Waals surface area contributed by atoms with Crippen molar-refractivity contribution in [3.05, 3.63) is 60.7 Å². The molecule has 25 heavy (non-hydrogen) atoms.